The van der Waals surface area contributed by atoms with E-state index in [4.69, 9.17) is 9.84 Å². The molecular weight excluding hydrogens is 236 g/mol. The highest BCUT2D eigenvalue weighted by Crippen LogP contribution is 2.31. The average molecular weight is 250 g/mol. The number of aliphatic hydroxyl groups is 2. The fourth-order valence-electron chi connectivity index (χ4n) is 2.29. The van der Waals surface area contributed by atoms with Crippen LogP contribution in [0.1, 0.15) is 18.3 Å². The van der Waals surface area contributed by atoms with Gasteiger partial charge in [-0.2, -0.15) is 0 Å². The minimum absolute atomic E-state index is 0.195. The first-order chi connectivity index (χ1) is 8.70. The van der Waals surface area contributed by atoms with Crippen LogP contribution in [0.2, 0.25) is 0 Å². The van der Waals surface area contributed by atoms with Crippen molar-refractivity contribution in [2.24, 2.45) is 0 Å². The Kier molecular flexibility index (Phi) is 2.73. The molecule has 1 saturated heterocycles. The van der Waals surface area contributed by atoms with Crippen LogP contribution in [0.25, 0.3) is 11.2 Å². The van der Waals surface area contributed by atoms with Crippen molar-refractivity contribution in [3.05, 3.63) is 18.3 Å². The van der Waals surface area contributed by atoms with E-state index in [1.807, 2.05) is 11.5 Å². The zero-order chi connectivity index (χ0) is 12.7. The van der Waals surface area contributed by atoms with Crippen molar-refractivity contribution in [1.82, 2.24) is 19.5 Å². The van der Waals surface area contributed by atoms with Crippen LogP contribution in [0, 0.1) is 6.92 Å². The third-order valence-corrected chi connectivity index (χ3v) is 3.24. The van der Waals surface area contributed by atoms with Crippen molar-refractivity contribution in [2.45, 2.75) is 31.8 Å². The van der Waals surface area contributed by atoms with Crippen molar-refractivity contribution in [3.8, 4) is 0 Å². The van der Waals surface area contributed by atoms with Crippen LogP contribution in [0.5, 0.6) is 0 Å². The van der Waals surface area contributed by atoms with Gasteiger partial charge in [-0.3, -0.25) is 0 Å². The second-order valence-electron chi connectivity index (χ2n) is 4.40. The standard InChI is InChI=1S/C11H14N4O3/c1-6-10-11(13-4-12-6)14-5-15(10)9-2-7(17)8(3-16)18-9/h4-5,7-9,16-17H,2-3H2,1H3/t7-,8-,9-/m1/s1. The van der Waals surface area contributed by atoms with E-state index in [0.29, 0.717) is 12.1 Å². The summed E-state index contributed by atoms with van der Waals surface area (Å²) in [6, 6.07) is 0. The van der Waals surface area contributed by atoms with Crippen LogP contribution in [0.3, 0.4) is 0 Å². The van der Waals surface area contributed by atoms with Gasteiger partial charge in [-0.1, -0.05) is 0 Å². The van der Waals surface area contributed by atoms with Gasteiger partial charge in [0.05, 0.1) is 24.7 Å². The number of imidazole rings is 1. The predicted octanol–water partition coefficient (Wildman–Crippen LogP) is -0.225. The maximum atomic E-state index is 9.75. The van der Waals surface area contributed by atoms with Crippen LogP contribution in [-0.2, 0) is 4.74 Å². The molecule has 0 radical (unpaired) electrons. The molecule has 0 aliphatic carbocycles. The summed E-state index contributed by atoms with van der Waals surface area (Å²) < 4.78 is 7.41. The monoisotopic (exact) mass is 250 g/mol. The molecule has 2 aromatic heterocycles. The molecule has 1 fully saturated rings. The quantitative estimate of drug-likeness (QED) is 0.765. The molecule has 7 heteroatoms. The van der Waals surface area contributed by atoms with Gasteiger partial charge in [0, 0.05) is 6.42 Å². The number of hydrogen-bond donors (Lipinski definition) is 2. The van der Waals surface area contributed by atoms with E-state index in [-0.39, 0.29) is 12.8 Å². The smallest absolute Gasteiger partial charge is 0.181 e. The maximum Gasteiger partial charge on any atom is 0.181 e. The van der Waals surface area contributed by atoms with Gasteiger partial charge in [-0.15, -0.1) is 0 Å². The Hall–Kier alpha value is -1.57. The van der Waals surface area contributed by atoms with Gasteiger partial charge in [-0.25, -0.2) is 15.0 Å². The summed E-state index contributed by atoms with van der Waals surface area (Å²) in [7, 11) is 0. The number of ether oxygens (including phenoxy) is 1. The zero-order valence-corrected chi connectivity index (χ0v) is 9.89. The Balaban J connectivity index is 2.01. The normalized spacial score (nSPS) is 28.1. The highest BCUT2D eigenvalue weighted by Gasteiger charge is 2.35. The summed E-state index contributed by atoms with van der Waals surface area (Å²) in [4.78, 5) is 12.4. The molecule has 0 spiro atoms. The average Bonchev–Trinajstić information content (AvgIpc) is 2.93. The first-order valence-corrected chi connectivity index (χ1v) is 5.79. The van der Waals surface area contributed by atoms with Gasteiger partial charge in [0.15, 0.2) is 5.65 Å². The number of rotatable bonds is 2. The first kappa shape index (κ1) is 11.5. The van der Waals surface area contributed by atoms with E-state index in [1.165, 1.54) is 6.33 Å². The lowest BCUT2D eigenvalue weighted by Crippen LogP contribution is -2.24. The third kappa shape index (κ3) is 1.67. The lowest BCUT2D eigenvalue weighted by molar-refractivity contribution is -0.0431. The Morgan fingerprint density at radius 3 is 3.00 bits per heavy atom. The number of aryl methyl sites for hydroxylation is 1. The molecule has 3 atom stereocenters. The lowest BCUT2D eigenvalue weighted by Gasteiger charge is -2.14. The third-order valence-electron chi connectivity index (χ3n) is 3.24. The SMILES string of the molecule is Cc1ncnc2ncn([C@H]3C[C@@H](O)[C@@H](CO)O3)c12. The van der Waals surface area contributed by atoms with E-state index >= 15 is 0 Å². The number of aromatic nitrogens is 4. The van der Waals surface area contributed by atoms with Gasteiger partial charge in [0.2, 0.25) is 0 Å². The molecule has 2 aromatic rings. The molecule has 2 N–H and O–H groups in total. The van der Waals surface area contributed by atoms with E-state index in [1.54, 1.807) is 6.33 Å². The molecule has 0 saturated carbocycles. The minimum Gasteiger partial charge on any atom is -0.394 e. The summed E-state index contributed by atoms with van der Waals surface area (Å²) in [5.74, 6) is 0. The van der Waals surface area contributed by atoms with Crippen molar-refractivity contribution < 1.29 is 14.9 Å². The van der Waals surface area contributed by atoms with Crippen molar-refractivity contribution in [2.75, 3.05) is 6.61 Å². The Labute approximate surface area is 103 Å². The summed E-state index contributed by atoms with van der Waals surface area (Å²) in [6.45, 7) is 1.68. The molecule has 0 bridgehead atoms. The summed E-state index contributed by atoms with van der Waals surface area (Å²) in [6.07, 6.45) is 1.97. The molecule has 0 aromatic carbocycles. The molecule has 7 nitrogen and oxygen atoms in total. The summed E-state index contributed by atoms with van der Waals surface area (Å²) in [5.41, 5.74) is 2.21. The second kappa shape index (κ2) is 4.27. The minimum atomic E-state index is -0.664. The topological polar surface area (TPSA) is 93.3 Å². The fourth-order valence-corrected chi connectivity index (χ4v) is 2.29. The Bertz CT molecular complexity index is 570. The summed E-state index contributed by atoms with van der Waals surface area (Å²) >= 11 is 0. The molecule has 96 valence electrons. The maximum absolute atomic E-state index is 9.75. The van der Waals surface area contributed by atoms with Crippen LogP contribution >= 0.6 is 0 Å². The lowest BCUT2D eigenvalue weighted by atomic mass is 10.2. The molecule has 18 heavy (non-hydrogen) atoms. The predicted molar refractivity (Wildman–Crippen MR) is 61.7 cm³/mol. The molecule has 1 aliphatic heterocycles. The van der Waals surface area contributed by atoms with Crippen LogP contribution in [0.15, 0.2) is 12.7 Å². The van der Waals surface area contributed by atoms with Crippen molar-refractivity contribution in [1.29, 1.82) is 0 Å². The molecule has 0 unspecified atom stereocenters. The molecule has 1 aliphatic rings. The second-order valence-corrected chi connectivity index (χ2v) is 4.40. The number of nitrogens with zero attached hydrogens (tertiary/aromatic N) is 4. The highest BCUT2D eigenvalue weighted by molar-refractivity contribution is 5.72. The number of hydrogen-bond acceptors (Lipinski definition) is 6. The van der Waals surface area contributed by atoms with Gasteiger partial charge in [-0.05, 0) is 6.92 Å². The molecular formula is C11H14N4O3. The largest absolute Gasteiger partial charge is 0.394 e. The zero-order valence-electron chi connectivity index (χ0n) is 9.89. The van der Waals surface area contributed by atoms with Gasteiger partial charge < -0.3 is 19.5 Å². The molecule has 0 amide bonds. The van der Waals surface area contributed by atoms with Crippen molar-refractivity contribution >= 4 is 11.2 Å². The first-order valence-electron chi connectivity index (χ1n) is 5.79. The number of fused-ring (bicyclic) bond motifs is 1. The highest BCUT2D eigenvalue weighted by atomic mass is 16.5. The van der Waals surface area contributed by atoms with Crippen molar-refractivity contribution in [3.63, 3.8) is 0 Å². The number of aliphatic hydroxyl groups excluding tert-OH is 2. The summed E-state index contributed by atoms with van der Waals surface area (Å²) in [5, 5.41) is 18.8. The van der Waals surface area contributed by atoms with Crippen LogP contribution in [0.4, 0.5) is 0 Å². The van der Waals surface area contributed by atoms with E-state index in [9.17, 15) is 5.11 Å². The van der Waals surface area contributed by atoms with E-state index in [0.717, 1.165) is 11.2 Å². The van der Waals surface area contributed by atoms with E-state index in [2.05, 4.69) is 15.0 Å². The molecule has 3 rings (SSSR count). The van der Waals surface area contributed by atoms with Crippen LogP contribution in [-0.4, -0.2) is 48.5 Å². The Morgan fingerprint density at radius 1 is 1.44 bits per heavy atom. The van der Waals surface area contributed by atoms with Gasteiger partial charge in [0.1, 0.15) is 24.2 Å². The fraction of sp³-hybridized carbons (Fsp3) is 0.545. The Morgan fingerprint density at radius 2 is 2.28 bits per heavy atom. The van der Waals surface area contributed by atoms with Gasteiger partial charge in [0.25, 0.3) is 0 Å². The van der Waals surface area contributed by atoms with Crippen LogP contribution < -0.4 is 0 Å². The van der Waals surface area contributed by atoms with Gasteiger partial charge >= 0.3 is 0 Å². The molecule has 3 heterocycles. The van der Waals surface area contributed by atoms with E-state index < -0.39 is 12.2 Å².